The summed E-state index contributed by atoms with van der Waals surface area (Å²) in [5, 5.41) is 8.69. The summed E-state index contributed by atoms with van der Waals surface area (Å²) in [6, 6.07) is 5.52. The Bertz CT molecular complexity index is 1410. The maximum atomic E-state index is 12.5. The molecule has 0 N–H and O–H groups in total. The first-order chi connectivity index (χ1) is 17.1. The summed E-state index contributed by atoms with van der Waals surface area (Å²) in [6.45, 7) is 2.99. The van der Waals surface area contributed by atoms with Gasteiger partial charge in [0, 0.05) is 30.9 Å². The van der Waals surface area contributed by atoms with Gasteiger partial charge >= 0.3 is 6.36 Å². The molecule has 190 valence electrons. The number of rotatable bonds is 7. The summed E-state index contributed by atoms with van der Waals surface area (Å²) < 4.78 is 60.9. The highest BCUT2D eigenvalue weighted by atomic mass is 19.4. The van der Waals surface area contributed by atoms with Crippen molar-refractivity contribution in [3.05, 3.63) is 47.9 Å². The predicted molar refractivity (Wildman–Crippen MR) is 119 cm³/mol. The van der Waals surface area contributed by atoms with E-state index in [4.69, 9.17) is 14.0 Å². The van der Waals surface area contributed by atoms with Crippen molar-refractivity contribution in [1.29, 1.82) is 0 Å². The van der Waals surface area contributed by atoms with Crippen LogP contribution in [0.2, 0.25) is 0 Å². The second-order valence-electron chi connectivity index (χ2n) is 8.67. The number of ether oxygens (including phenoxy) is 3. The molecule has 1 aliphatic heterocycles. The highest BCUT2D eigenvalue weighted by Crippen LogP contribution is 2.39. The number of aromatic nitrogens is 6. The molecule has 0 spiro atoms. The topological polar surface area (TPSA) is 102 Å². The molecular formula is C23H23F3N6O4. The second-order valence-corrected chi connectivity index (χ2v) is 8.67. The van der Waals surface area contributed by atoms with Gasteiger partial charge in [-0.25, -0.2) is 4.98 Å². The molecule has 0 amide bonds. The summed E-state index contributed by atoms with van der Waals surface area (Å²) in [7, 11) is 3.11. The lowest BCUT2D eigenvalue weighted by Crippen LogP contribution is -2.19. The van der Waals surface area contributed by atoms with E-state index in [1.807, 2.05) is 36.6 Å². The molecule has 4 aromatic rings. The Morgan fingerprint density at radius 1 is 1.14 bits per heavy atom. The van der Waals surface area contributed by atoms with Gasteiger partial charge in [0.05, 0.1) is 37.3 Å². The number of halogens is 3. The minimum atomic E-state index is -4.70. The van der Waals surface area contributed by atoms with Gasteiger partial charge in [0.2, 0.25) is 5.82 Å². The monoisotopic (exact) mass is 504 g/mol. The first kappa shape index (κ1) is 24.0. The molecule has 4 heterocycles. The lowest BCUT2D eigenvalue weighted by atomic mass is 10.0. The van der Waals surface area contributed by atoms with Gasteiger partial charge in [0.15, 0.2) is 0 Å². The van der Waals surface area contributed by atoms with Gasteiger partial charge in [-0.05, 0) is 32.0 Å². The largest absolute Gasteiger partial charge is 0.522 e. The Labute approximate surface area is 203 Å². The van der Waals surface area contributed by atoms with E-state index in [1.165, 1.54) is 4.68 Å². The first-order valence-corrected chi connectivity index (χ1v) is 11.0. The molecule has 5 rings (SSSR count). The van der Waals surface area contributed by atoms with Gasteiger partial charge in [-0.3, -0.25) is 9.42 Å². The Morgan fingerprint density at radius 2 is 1.94 bits per heavy atom. The maximum Gasteiger partial charge on any atom is 0.522 e. The minimum Gasteiger partial charge on any atom is -0.497 e. The number of benzene rings is 1. The standard InChI is InChI=1S/C23H23F3N6O4/c1-22(2,34-4)21-28-20(30-36-21)19-17-9-13-11-31(7-8-35-23(24,25)26)29-18(13)15-10-14(33-3)5-6-16(15)32(17)12-27-19/h5-6,10-12H,7-9H2,1-4H3. The van der Waals surface area contributed by atoms with Crippen molar-refractivity contribution >= 4 is 0 Å². The zero-order chi connectivity index (χ0) is 25.7. The lowest BCUT2D eigenvalue weighted by molar-refractivity contribution is -0.325. The molecular weight excluding hydrogens is 481 g/mol. The first-order valence-electron chi connectivity index (χ1n) is 11.0. The van der Waals surface area contributed by atoms with Crippen LogP contribution in [0.1, 0.15) is 31.0 Å². The third-order valence-corrected chi connectivity index (χ3v) is 6.03. The molecule has 0 saturated heterocycles. The van der Waals surface area contributed by atoms with Crippen molar-refractivity contribution in [3.8, 4) is 34.2 Å². The lowest BCUT2D eigenvalue weighted by Gasteiger charge is -2.16. The van der Waals surface area contributed by atoms with Crippen LogP contribution in [-0.2, 0) is 28.0 Å². The highest BCUT2D eigenvalue weighted by Gasteiger charge is 2.32. The van der Waals surface area contributed by atoms with Gasteiger partial charge in [0.1, 0.15) is 23.4 Å². The number of hydrogen-bond acceptors (Lipinski definition) is 8. The highest BCUT2D eigenvalue weighted by molar-refractivity contribution is 5.77. The zero-order valence-corrected chi connectivity index (χ0v) is 20.0. The summed E-state index contributed by atoms with van der Waals surface area (Å²) in [6.07, 6.45) is -0.948. The van der Waals surface area contributed by atoms with Gasteiger partial charge in [-0.15, -0.1) is 13.2 Å². The van der Waals surface area contributed by atoms with E-state index in [1.54, 1.807) is 26.7 Å². The molecule has 0 bridgehead atoms. The number of alkyl halides is 3. The van der Waals surface area contributed by atoms with E-state index >= 15 is 0 Å². The fraction of sp³-hybridized carbons (Fsp3) is 0.391. The van der Waals surface area contributed by atoms with Crippen LogP contribution in [0, 0.1) is 0 Å². The Kier molecular flexibility index (Phi) is 5.83. The van der Waals surface area contributed by atoms with E-state index in [2.05, 4.69) is 25.0 Å². The van der Waals surface area contributed by atoms with Gasteiger partial charge < -0.3 is 18.6 Å². The fourth-order valence-electron chi connectivity index (χ4n) is 4.00. The van der Waals surface area contributed by atoms with Gasteiger partial charge in [-0.1, -0.05) is 5.16 Å². The molecule has 0 atom stereocenters. The quantitative estimate of drug-likeness (QED) is 0.326. The van der Waals surface area contributed by atoms with Crippen LogP contribution in [0.3, 0.4) is 0 Å². The van der Waals surface area contributed by atoms with Crippen LogP contribution in [-0.4, -0.2) is 56.7 Å². The van der Waals surface area contributed by atoms with E-state index < -0.39 is 18.6 Å². The molecule has 1 aromatic carbocycles. The zero-order valence-electron chi connectivity index (χ0n) is 20.0. The number of fused-ring (bicyclic) bond motifs is 5. The summed E-state index contributed by atoms with van der Waals surface area (Å²) in [5.41, 5.74) is 3.45. The SMILES string of the molecule is COc1ccc2c(c1)-c1nn(CCOC(F)(F)F)cc1Cc1c(-c3noc(C(C)(C)OC)n3)ncn1-2. The summed E-state index contributed by atoms with van der Waals surface area (Å²) in [4.78, 5) is 9.06. The average molecular weight is 504 g/mol. The van der Waals surface area contributed by atoms with Gasteiger partial charge in [-0.2, -0.15) is 10.1 Å². The van der Waals surface area contributed by atoms with Crippen LogP contribution in [0.5, 0.6) is 5.75 Å². The number of methoxy groups -OCH3 is 2. The van der Waals surface area contributed by atoms with Crippen LogP contribution in [0.4, 0.5) is 13.2 Å². The Balaban J connectivity index is 1.58. The summed E-state index contributed by atoms with van der Waals surface area (Å²) >= 11 is 0. The van der Waals surface area contributed by atoms with E-state index in [0.717, 1.165) is 22.5 Å². The minimum absolute atomic E-state index is 0.0712. The Morgan fingerprint density at radius 3 is 2.67 bits per heavy atom. The van der Waals surface area contributed by atoms with E-state index in [-0.39, 0.29) is 6.54 Å². The normalized spacial score (nSPS) is 13.2. The molecule has 10 nitrogen and oxygen atoms in total. The second kappa shape index (κ2) is 8.75. The van der Waals surface area contributed by atoms with Crippen LogP contribution in [0.15, 0.2) is 35.2 Å². The van der Waals surface area contributed by atoms with Crippen molar-refractivity contribution in [2.75, 3.05) is 20.8 Å². The molecule has 3 aromatic heterocycles. The molecule has 0 aliphatic carbocycles. The molecule has 1 aliphatic rings. The third-order valence-electron chi connectivity index (χ3n) is 6.03. The van der Waals surface area contributed by atoms with Crippen LogP contribution < -0.4 is 4.74 Å². The number of nitrogens with zero attached hydrogens (tertiary/aromatic N) is 6. The van der Waals surface area contributed by atoms with Crippen molar-refractivity contribution in [3.63, 3.8) is 0 Å². The van der Waals surface area contributed by atoms with Crippen molar-refractivity contribution in [1.82, 2.24) is 29.5 Å². The van der Waals surface area contributed by atoms with Crippen molar-refractivity contribution in [2.24, 2.45) is 0 Å². The molecule has 13 heteroatoms. The maximum absolute atomic E-state index is 12.5. The third kappa shape index (κ3) is 4.35. The smallest absolute Gasteiger partial charge is 0.497 e. The number of hydrogen-bond donors (Lipinski definition) is 0. The van der Waals surface area contributed by atoms with Crippen LogP contribution in [0.25, 0.3) is 28.5 Å². The fourth-order valence-corrected chi connectivity index (χ4v) is 4.00. The van der Waals surface area contributed by atoms with Crippen LogP contribution >= 0.6 is 0 Å². The molecule has 36 heavy (non-hydrogen) atoms. The van der Waals surface area contributed by atoms with E-state index in [0.29, 0.717) is 35.3 Å². The summed E-state index contributed by atoms with van der Waals surface area (Å²) in [5.74, 6) is 1.22. The van der Waals surface area contributed by atoms with Crippen molar-refractivity contribution < 1.29 is 31.9 Å². The molecule has 0 radical (unpaired) electrons. The Hall–Kier alpha value is -3.71. The molecule has 0 unspecified atom stereocenters. The average Bonchev–Trinajstić information content (AvgIpc) is 3.56. The van der Waals surface area contributed by atoms with E-state index in [9.17, 15) is 13.2 Å². The molecule has 0 fully saturated rings. The van der Waals surface area contributed by atoms with Gasteiger partial charge in [0.25, 0.3) is 5.89 Å². The number of imidazole rings is 1. The van der Waals surface area contributed by atoms with Crippen molar-refractivity contribution in [2.45, 2.75) is 38.8 Å². The molecule has 0 saturated carbocycles. The predicted octanol–water partition coefficient (Wildman–Crippen LogP) is 4.12.